The number of amides is 2. The maximum absolute atomic E-state index is 12.3. The van der Waals surface area contributed by atoms with E-state index in [9.17, 15) is 27.9 Å². The molecule has 2 aromatic rings. The number of carbonyl (C=O) groups excluding carboxylic acids is 2. The van der Waals surface area contributed by atoms with Gasteiger partial charge in [-0.15, -0.1) is 0 Å². The number of aliphatic carboxylic acids is 1. The van der Waals surface area contributed by atoms with E-state index < -0.39 is 46.1 Å². The zero-order valence-corrected chi connectivity index (χ0v) is 16.8. The van der Waals surface area contributed by atoms with Crippen LogP contribution in [-0.4, -0.2) is 49.8 Å². The van der Waals surface area contributed by atoms with Gasteiger partial charge in [0.05, 0.1) is 10.6 Å². The van der Waals surface area contributed by atoms with Crippen molar-refractivity contribution in [3.05, 3.63) is 66.2 Å². The lowest BCUT2D eigenvalue weighted by Crippen LogP contribution is -2.46. The lowest BCUT2D eigenvalue weighted by molar-refractivity contribution is -0.141. The molecule has 0 spiro atoms. The predicted octanol–water partition coefficient (Wildman–Crippen LogP) is 1.35. The second-order valence-corrected chi connectivity index (χ2v) is 8.40. The molecule has 0 bridgehead atoms. The third-order valence-electron chi connectivity index (χ3n) is 4.02. The van der Waals surface area contributed by atoms with Gasteiger partial charge >= 0.3 is 12.1 Å². The molecule has 1 atom stereocenters. The van der Waals surface area contributed by atoms with Crippen LogP contribution in [0.5, 0.6) is 0 Å². The van der Waals surface area contributed by atoms with E-state index in [0.717, 1.165) is 5.56 Å². The van der Waals surface area contributed by atoms with Gasteiger partial charge in [0.2, 0.25) is 5.91 Å². The zero-order valence-electron chi connectivity index (χ0n) is 16.0. The van der Waals surface area contributed by atoms with Crippen molar-refractivity contribution in [1.82, 2.24) is 10.6 Å². The number of ether oxygens (including phenoxy) is 1. The Balaban J connectivity index is 1.79. The molecule has 0 radical (unpaired) electrons. The summed E-state index contributed by atoms with van der Waals surface area (Å²) in [5, 5.41) is 13.7. The number of carboxylic acid groups (broad SMARTS) is 1. The summed E-state index contributed by atoms with van der Waals surface area (Å²) in [7, 11) is -3.69. The van der Waals surface area contributed by atoms with Crippen LogP contribution in [0.4, 0.5) is 4.79 Å². The van der Waals surface area contributed by atoms with E-state index in [4.69, 9.17) is 4.74 Å². The molecule has 0 saturated carbocycles. The minimum absolute atomic E-state index is 0.0173. The lowest BCUT2D eigenvalue weighted by Gasteiger charge is -2.15. The van der Waals surface area contributed by atoms with Gasteiger partial charge in [0, 0.05) is 0 Å². The topological polar surface area (TPSA) is 139 Å². The number of rotatable bonds is 10. The molecule has 0 aromatic heterocycles. The van der Waals surface area contributed by atoms with Crippen LogP contribution < -0.4 is 10.6 Å². The molecule has 2 amide bonds. The smallest absolute Gasteiger partial charge is 0.407 e. The quantitative estimate of drug-likeness (QED) is 0.513. The average Bonchev–Trinajstić information content (AvgIpc) is 2.75. The molecule has 2 rings (SSSR count). The second kappa shape index (κ2) is 11.0. The van der Waals surface area contributed by atoms with Crippen molar-refractivity contribution in [3.63, 3.8) is 0 Å². The second-order valence-electron chi connectivity index (χ2n) is 6.29. The van der Waals surface area contributed by atoms with Crippen LogP contribution in [0.15, 0.2) is 65.6 Å². The highest BCUT2D eigenvalue weighted by atomic mass is 32.2. The average molecular weight is 434 g/mol. The van der Waals surface area contributed by atoms with Crippen LogP contribution in [-0.2, 0) is 30.8 Å². The Hall–Kier alpha value is -3.40. The van der Waals surface area contributed by atoms with E-state index in [-0.39, 0.29) is 17.9 Å². The summed E-state index contributed by atoms with van der Waals surface area (Å²) in [6.07, 6.45) is -1.16. The normalized spacial score (nSPS) is 11.9. The summed E-state index contributed by atoms with van der Waals surface area (Å²) in [6, 6.07) is 15.1. The van der Waals surface area contributed by atoms with Crippen molar-refractivity contribution >= 4 is 27.8 Å². The van der Waals surface area contributed by atoms with Gasteiger partial charge in [-0.2, -0.15) is 0 Å². The van der Waals surface area contributed by atoms with E-state index in [2.05, 4.69) is 10.6 Å². The van der Waals surface area contributed by atoms with Crippen molar-refractivity contribution in [3.8, 4) is 0 Å². The molecule has 30 heavy (non-hydrogen) atoms. The Bertz CT molecular complexity index is 963. The van der Waals surface area contributed by atoms with Gasteiger partial charge in [-0.3, -0.25) is 4.79 Å². The highest BCUT2D eigenvalue weighted by Gasteiger charge is 2.24. The van der Waals surface area contributed by atoms with Gasteiger partial charge in [-0.1, -0.05) is 48.5 Å². The number of nitrogens with one attached hydrogen (secondary N) is 2. The first-order chi connectivity index (χ1) is 14.3. The SMILES string of the molecule is O=C(CNC(=O)OCc1ccccc1)N[C@H](CCS(=O)(=O)c1ccccc1)C(=O)O. The minimum atomic E-state index is -3.69. The van der Waals surface area contributed by atoms with E-state index >= 15 is 0 Å². The molecule has 2 aromatic carbocycles. The van der Waals surface area contributed by atoms with Gasteiger partial charge in [-0.05, 0) is 24.1 Å². The Morgan fingerprint density at radius 3 is 2.17 bits per heavy atom. The molecular weight excluding hydrogens is 412 g/mol. The maximum atomic E-state index is 12.3. The fourth-order valence-corrected chi connectivity index (χ4v) is 3.80. The van der Waals surface area contributed by atoms with Gasteiger partial charge in [-0.25, -0.2) is 18.0 Å². The molecule has 0 aliphatic heterocycles. The van der Waals surface area contributed by atoms with Crippen LogP contribution in [0, 0.1) is 0 Å². The van der Waals surface area contributed by atoms with E-state index in [1.165, 1.54) is 12.1 Å². The molecule has 0 unspecified atom stereocenters. The van der Waals surface area contributed by atoms with Crippen molar-refractivity contribution in [2.75, 3.05) is 12.3 Å². The predicted molar refractivity (Wildman–Crippen MR) is 107 cm³/mol. The van der Waals surface area contributed by atoms with Crippen molar-refractivity contribution < 1.29 is 32.6 Å². The number of hydrogen-bond acceptors (Lipinski definition) is 6. The van der Waals surface area contributed by atoms with Gasteiger partial charge in [0.25, 0.3) is 0 Å². The van der Waals surface area contributed by atoms with Gasteiger partial charge in [0.15, 0.2) is 9.84 Å². The zero-order chi connectivity index (χ0) is 22.0. The first kappa shape index (κ1) is 22.9. The summed E-state index contributed by atoms with van der Waals surface area (Å²) in [6.45, 7) is -0.494. The van der Waals surface area contributed by atoms with Crippen molar-refractivity contribution in [1.29, 1.82) is 0 Å². The van der Waals surface area contributed by atoms with Crippen molar-refractivity contribution in [2.24, 2.45) is 0 Å². The van der Waals surface area contributed by atoms with E-state index in [1.807, 2.05) is 6.07 Å². The number of alkyl carbamates (subject to hydrolysis) is 1. The van der Waals surface area contributed by atoms with Crippen LogP contribution in [0.2, 0.25) is 0 Å². The van der Waals surface area contributed by atoms with E-state index in [1.54, 1.807) is 42.5 Å². The van der Waals surface area contributed by atoms with Crippen LogP contribution in [0.25, 0.3) is 0 Å². The standard InChI is InChI=1S/C20H22N2O7S/c23-18(13-21-20(26)29-14-15-7-3-1-4-8-15)22-17(19(24)25)11-12-30(27,28)16-9-5-2-6-10-16/h1-10,17H,11-14H2,(H,21,26)(H,22,23)(H,24,25)/t17-/m1/s1. The fourth-order valence-electron chi connectivity index (χ4n) is 2.45. The summed E-state index contributed by atoms with van der Waals surface area (Å²) in [5.74, 6) is -2.62. The molecule has 9 nitrogen and oxygen atoms in total. The molecule has 160 valence electrons. The molecular formula is C20H22N2O7S. The number of carbonyl (C=O) groups is 3. The molecule has 0 aliphatic rings. The van der Waals surface area contributed by atoms with Crippen LogP contribution in [0.1, 0.15) is 12.0 Å². The van der Waals surface area contributed by atoms with E-state index in [0.29, 0.717) is 0 Å². The molecule has 0 heterocycles. The Kier molecular flexibility index (Phi) is 8.36. The van der Waals surface area contributed by atoms with Crippen LogP contribution in [0.3, 0.4) is 0 Å². The summed E-state index contributed by atoms with van der Waals surface area (Å²) < 4.78 is 29.5. The van der Waals surface area contributed by atoms with Gasteiger partial charge < -0.3 is 20.5 Å². The minimum Gasteiger partial charge on any atom is -0.480 e. The Labute approximate surface area is 174 Å². The monoisotopic (exact) mass is 434 g/mol. The fraction of sp³-hybridized carbons (Fsp3) is 0.250. The molecule has 3 N–H and O–H groups in total. The third-order valence-corrected chi connectivity index (χ3v) is 5.78. The Morgan fingerprint density at radius 2 is 1.57 bits per heavy atom. The molecule has 10 heteroatoms. The number of carboxylic acids is 1. The van der Waals surface area contributed by atoms with Crippen molar-refractivity contribution in [2.45, 2.75) is 24.0 Å². The van der Waals surface area contributed by atoms with Gasteiger partial charge in [0.1, 0.15) is 19.2 Å². The Morgan fingerprint density at radius 1 is 0.967 bits per heavy atom. The maximum Gasteiger partial charge on any atom is 0.407 e. The molecule has 0 saturated heterocycles. The summed E-state index contributed by atoms with van der Waals surface area (Å²) in [4.78, 5) is 35.0. The lowest BCUT2D eigenvalue weighted by atomic mass is 10.2. The number of benzene rings is 2. The summed E-state index contributed by atoms with van der Waals surface area (Å²) >= 11 is 0. The summed E-state index contributed by atoms with van der Waals surface area (Å²) in [5.41, 5.74) is 0.766. The number of hydrogen-bond donors (Lipinski definition) is 3. The third kappa shape index (κ3) is 7.55. The molecule has 0 fully saturated rings. The largest absolute Gasteiger partial charge is 0.480 e. The first-order valence-electron chi connectivity index (χ1n) is 9.02. The highest BCUT2D eigenvalue weighted by Crippen LogP contribution is 2.12. The highest BCUT2D eigenvalue weighted by molar-refractivity contribution is 7.91. The number of sulfone groups is 1. The van der Waals surface area contributed by atoms with Crippen LogP contribution >= 0.6 is 0 Å². The molecule has 0 aliphatic carbocycles. The first-order valence-corrected chi connectivity index (χ1v) is 10.7.